The number of nitrogens with one attached hydrogen (secondary N) is 1. The lowest BCUT2D eigenvalue weighted by molar-refractivity contribution is -0.115. The molecule has 1 aromatic carbocycles. The molecule has 0 radical (unpaired) electrons. The summed E-state index contributed by atoms with van der Waals surface area (Å²) in [5.74, 6) is 0.929. The Morgan fingerprint density at radius 1 is 1.36 bits per heavy atom. The second-order valence-electron chi connectivity index (χ2n) is 6.36. The Labute approximate surface area is 157 Å². The second-order valence-corrected chi connectivity index (χ2v) is 8.90. The molecule has 1 N–H and O–H groups in total. The minimum absolute atomic E-state index is 0.00842. The summed E-state index contributed by atoms with van der Waals surface area (Å²) in [4.78, 5) is 17.2. The van der Waals surface area contributed by atoms with Crippen molar-refractivity contribution in [3.05, 3.63) is 18.2 Å². The van der Waals surface area contributed by atoms with Crippen LogP contribution in [0.4, 0.5) is 5.13 Å². The van der Waals surface area contributed by atoms with Crippen molar-refractivity contribution in [3.8, 4) is 5.75 Å². The topological polar surface area (TPSA) is 51.2 Å². The van der Waals surface area contributed by atoms with E-state index in [-0.39, 0.29) is 11.2 Å². The van der Waals surface area contributed by atoms with Crippen LogP contribution in [0, 0.1) is 0 Å². The molecule has 0 spiro atoms. The van der Waals surface area contributed by atoms with Gasteiger partial charge in [-0.15, -0.1) is 11.8 Å². The van der Waals surface area contributed by atoms with Gasteiger partial charge >= 0.3 is 0 Å². The average Bonchev–Trinajstić information content (AvgIpc) is 3.02. The number of ether oxygens (including phenoxy) is 1. The molecule has 0 saturated heterocycles. The van der Waals surface area contributed by atoms with Crippen LogP contribution in [0.5, 0.6) is 5.75 Å². The van der Waals surface area contributed by atoms with Crippen molar-refractivity contribution >= 4 is 44.4 Å². The number of thioether (sulfide) groups is 1. The molecule has 4 nitrogen and oxygen atoms in total. The van der Waals surface area contributed by atoms with Crippen LogP contribution in [-0.2, 0) is 4.79 Å². The Balaban J connectivity index is 1.65. The standard InChI is InChI=1S/C19H26N2O2S2/c1-3-16(24-14-8-6-5-7-9-14)18(22)21-19-20-15-11-10-13(23-4-2)12-17(15)25-19/h10-12,14,16H,3-9H2,1-2H3,(H,20,21,22). The Bertz CT molecular complexity index is 711. The quantitative estimate of drug-likeness (QED) is 0.693. The molecule has 2 aromatic rings. The van der Waals surface area contributed by atoms with Crippen molar-refractivity contribution in [3.63, 3.8) is 0 Å². The summed E-state index contributed by atoms with van der Waals surface area (Å²) in [5.41, 5.74) is 0.900. The van der Waals surface area contributed by atoms with E-state index in [9.17, 15) is 4.79 Å². The number of carbonyl (C=O) groups excluding carboxylic acids is 1. The summed E-state index contributed by atoms with van der Waals surface area (Å²) in [6, 6.07) is 5.85. The zero-order valence-electron chi connectivity index (χ0n) is 14.9. The molecule has 1 atom stereocenters. The first-order valence-corrected chi connectivity index (χ1v) is 10.9. The zero-order chi connectivity index (χ0) is 17.6. The molecule has 1 amide bonds. The van der Waals surface area contributed by atoms with Gasteiger partial charge in [-0.2, -0.15) is 0 Å². The predicted octanol–water partition coefficient (Wildman–Crippen LogP) is 5.48. The van der Waals surface area contributed by atoms with Crippen LogP contribution in [0.3, 0.4) is 0 Å². The van der Waals surface area contributed by atoms with Crippen molar-refractivity contribution in [2.45, 2.75) is 62.9 Å². The van der Waals surface area contributed by atoms with Gasteiger partial charge in [0.1, 0.15) is 5.75 Å². The van der Waals surface area contributed by atoms with E-state index in [2.05, 4.69) is 17.2 Å². The van der Waals surface area contributed by atoms with Crippen LogP contribution in [0.1, 0.15) is 52.4 Å². The molecule has 0 aliphatic heterocycles. The lowest BCUT2D eigenvalue weighted by Crippen LogP contribution is -2.27. The van der Waals surface area contributed by atoms with E-state index < -0.39 is 0 Å². The van der Waals surface area contributed by atoms with E-state index in [1.54, 1.807) is 0 Å². The Hall–Kier alpha value is -1.27. The molecule has 1 aliphatic rings. The van der Waals surface area contributed by atoms with Gasteiger partial charge in [-0.1, -0.05) is 37.5 Å². The maximum Gasteiger partial charge on any atom is 0.239 e. The number of hydrogen-bond donors (Lipinski definition) is 1. The number of rotatable bonds is 7. The summed E-state index contributed by atoms with van der Waals surface area (Å²) in [6.45, 7) is 4.70. The molecule has 1 unspecified atom stereocenters. The van der Waals surface area contributed by atoms with Gasteiger partial charge in [-0.05, 0) is 44.4 Å². The molecule has 25 heavy (non-hydrogen) atoms. The van der Waals surface area contributed by atoms with Crippen LogP contribution >= 0.6 is 23.1 Å². The molecule has 3 rings (SSSR count). The van der Waals surface area contributed by atoms with Gasteiger partial charge in [0.2, 0.25) is 5.91 Å². The molecule has 1 saturated carbocycles. The molecule has 0 bridgehead atoms. The Kier molecular flexibility index (Phi) is 6.59. The third kappa shape index (κ3) is 4.88. The predicted molar refractivity (Wildman–Crippen MR) is 108 cm³/mol. The number of fused-ring (bicyclic) bond motifs is 1. The van der Waals surface area contributed by atoms with E-state index in [0.29, 0.717) is 17.0 Å². The maximum absolute atomic E-state index is 12.7. The minimum atomic E-state index is 0.00842. The lowest BCUT2D eigenvalue weighted by Gasteiger charge is -2.24. The number of carbonyl (C=O) groups is 1. The first kappa shape index (κ1) is 18.5. The van der Waals surface area contributed by atoms with E-state index in [1.807, 2.05) is 36.9 Å². The molecule has 1 aliphatic carbocycles. The SMILES string of the molecule is CCOc1ccc2nc(NC(=O)C(CC)SC3CCCCC3)sc2c1. The molecule has 1 heterocycles. The zero-order valence-corrected chi connectivity index (χ0v) is 16.5. The first-order chi connectivity index (χ1) is 12.2. The minimum Gasteiger partial charge on any atom is -0.494 e. The van der Waals surface area contributed by atoms with Gasteiger partial charge in [0.05, 0.1) is 22.1 Å². The van der Waals surface area contributed by atoms with E-state index in [1.165, 1.54) is 43.4 Å². The molecule has 1 fully saturated rings. The fourth-order valence-electron chi connectivity index (χ4n) is 3.18. The number of thiazole rings is 1. The van der Waals surface area contributed by atoms with Crippen molar-refractivity contribution in [1.29, 1.82) is 0 Å². The maximum atomic E-state index is 12.7. The van der Waals surface area contributed by atoms with Crippen LogP contribution in [0.2, 0.25) is 0 Å². The highest BCUT2D eigenvalue weighted by Gasteiger charge is 2.24. The first-order valence-electron chi connectivity index (χ1n) is 9.19. The van der Waals surface area contributed by atoms with Gasteiger partial charge < -0.3 is 10.1 Å². The lowest BCUT2D eigenvalue weighted by atomic mass is 10.0. The summed E-state index contributed by atoms with van der Waals surface area (Å²) in [6.07, 6.45) is 7.29. The van der Waals surface area contributed by atoms with Crippen LogP contribution in [-0.4, -0.2) is 28.0 Å². The van der Waals surface area contributed by atoms with Gasteiger partial charge in [0.25, 0.3) is 0 Å². The van der Waals surface area contributed by atoms with Crippen molar-refractivity contribution in [2.24, 2.45) is 0 Å². The summed E-state index contributed by atoms with van der Waals surface area (Å²) in [7, 11) is 0. The highest BCUT2D eigenvalue weighted by molar-refractivity contribution is 8.01. The molecular formula is C19H26N2O2S2. The highest BCUT2D eigenvalue weighted by Crippen LogP contribution is 2.34. The largest absolute Gasteiger partial charge is 0.494 e. The Morgan fingerprint density at radius 3 is 2.88 bits per heavy atom. The van der Waals surface area contributed by atoms with Crippen molar-refractivity contribution in [2.75, 3.05) is 11.9 Å². The van der Waals surface area contributed by atoms with E-state index in [0.717, 1.165) is 22.4 Å². The number of anilines is 1. The van der Waals surface area contributed by atoms with Gasteiger partial charge in [-0.3, -0.25) is 4.79 Å². The number of amides is 1. The van der Waals surface area contributed by atoms with Crippen LogP contribution in [0.15, 0.2) is 18.2 Å². The summed E-state index contributed by atoms with van der Waals surface area (Å²) >= 11 is 3.36. The fourth-order valence-corrected chi connectivity index (χ4v) is 5.52. The number of aromatic nitrogens is 1. The monoisotopic (exact) mass is 378 g/mol. The summed E-state index contributed by atoms with van der Waals surface area (Å²) < 4.78 is 6.57. The molecule has 1 aromatic heterocycles. The number of hydrogen-bond acceptors (Lipinski definition) is 5. The third-order valence-electron chi connectivity index (χ3n) is 4.47. The molecule has 6 heteroatoms. The van der Waals surface area contributed by atoms with Crippen LogP contribution < -0.4 is 10.1 Å². The summed E-state index contributed by atoms with van der Waals surface area (Å²) in [5, 5.41) is 4.35. The normalized spacial score (nSPS) is 16.7. The van der Waals surface area contributed by atoms with Crippen molar-refractivity contribution < 1.29 is 9.53 Å². The van der Waals surface area contributed by atoms with E-state index in [4.69, 9.17) is 4.74 Å². The Morgan fingerprint density at radius 2 is 2.16 bits per heavy atom. The smallest absolute Gasteiger partial charge is 0.239 e. The average molecular weight is 379 g/mol. The number of benzene rings is 1. The van der Waals surface area contributed by atoms with Gasteiger partial charge in [-0.25, -0.2) is 4.98 Å². The highest BCUT2D eigenvalue weighted by atomic mass is 32.2. The number of nitrogens with zero attached hydrogens (tertiary/aromatic N) is 1. The van der Waals surface area contributed by atoms with Gasteiger partial charge in [0, 0.05) is 5.25 Å². The van der Waals surface area contributed by atoms with Gasteiger partial charge in [0.15, 0.2) is 5.13 Å². The van der Waals surface area contributed by atoms with E-state index >= 15 is 0 Å². The molecular weight excluding hydrogens is 352 g/mol. The third-order valence-corrected chi connectivity index (χ3v) is 7.14. The fraction of sp³-hybridized carbons (Fsp3) is 0.579. The second kappa shape index (κ2) is 8.90. The molecule has 136 valence electrons. The van der Waals surface area contributed by atoms with Crippen molar-refractivity contribution in [1.82, 2.24) is 4.98 Å². The van der Waals surface area contributed by atoms with Crippen LogP contribution in [0.25, 0.3) is 10.2 Å².